The van der Waals surface area contributed by atoms with E-state index in [-0.39, 0.29) is 60.1 Å². The third kappa shape index (κ3) is 96.6. The average Bonchev–Trinajstić information content (AvgIpc) is 0.811. The Bertz CT molecular complexity index is 37.9. The summed E-state index contributed by atoms with van der Waals surface area (Å²) in [7, 11) is -3.63. The molecule has 0 saturated carbocycles. The van der Waals surface area contributed by atoms with Crippen molar-refractivity contribution >= 4 is 9.17 Å². The zero-order valence-corrected chi connectivity index (χ0v) is 9.46. The Labute approximate surface area is 82.6 Å². The maximum absolute atomic E-state index is 8.52. The van der Waals surface area contributed by atoms with Crippen LogP contribution in [0.25, 0.3) is 0 Å². The molecule has 0 bridgehead atoms. The first-order valence-corrected chi connectivity index (χ1v) is 1.84. The molecule has 0 radical (unpaired) electrons. The second kappa shape index (κ2) is 15.6. The Balaban J connectivity index is -0.0000000150. The first-order valence-electron chi connectivity index (χ1n) is 0.612. The molecule has 0 unspecified atom stereocenters. The van der Waals surface area contributed by atoms with Gasteiger partial charge in [0.25, 0.3) is 0 Å². The molecule has 0 rings (SSSR count). The molecule has 0 fully saturated rings. The number of hydrogen-bond donors (Lipinski definition) is 0. The van der Waals surface area contributed by atoms with Crippen molar-refractivity contribution < 1.29 is 74.1 Å². The molecule has 3 nitrogen and oxygen atoms in total. The molecule has 0 saturated heterocycles. The van der Waals surface area contributed by atoms with Gasteiger partial charge in [0, 0.05) is 9.17 Å². The zero-order chi connectivity index (χ0) is 3.58. The predicted octanol–water partition coefficient (Wildman–Crippen LogP) is -5.88. The molecule has 0 spiro atoms. The molecule has 0 aromatic heterocycles. The summed E-state index contributed by atoms with van der Waals surface area (Å²) in [5.74, 6) is 0. The van der Waals surface area contributed by atoms with Crippen LogP contribution in [0.4, 0.5) is 0 Å². The molecular weight excluding hydrogens is 196 g/mol. The summed E-state index contributed by atoms with van der Waals surface area (Å²) in [6.07, 6.45) is 0. The molecule has 0 aliphatic heterocycles. The van der Waals surface area contributed by atoms with Crippen LogP contribution in [0.3, 0.4) is 0 Å². The molecule has 0 aliphatic carbocycles. The van der Waals surface area contributed by atoms with Crippen molar-refractivity contribution in [3.63, 3.8) is 0 Å². The summed E-state index contributed by atoms with van der Waals surface area (Å²) in [6, 6.07) is 0. The zero-order valence-electron chi connectivity index (χ0n) is 3.93. The van der Waals surface area contributed by atoms with Crippen LogP contribution in [-0.4, -0.2) is 9.17 Å². The van der Waals surface area contributed by atoms with Gasteiger partial charge in [-0.3, -0.25) is 0 Å². The predicted molar refractivity (Wildman–Crippen MR) is 6.44 cm³/mol. The third-order valence-electron chi connectivity index (χ3n) is 0. The van der Waals surface area contributed by atoms with E-state index in [0.29, 0.717) is 0 Å². The Morgan fingerprint density at radius 1 is 1.29 bits per heavy atom. The van der Waals surface area contributed by atoms with Crippen LogP contribution in [0.1, 0.15) is 0 Å². The van der Waals surface area contributed by atoms with E-state index >= 15 is 0 Å². The van der Waals surface area contributed by atoms with E-state index in [2.05, 4.69) is 0 Å². The molecule has 0 atom stereocenters. The third-order valence-corrected chi connectivity index (χ3v) is 0. The fourth-order valence-corrected chi connectivity index (χ4v) is 0. The van der Waals surface area contributed by atoms with Gasteiger partial charge < -0.3 is 14.1 Å². The molecule has 0 N–H and O–H groups in total. The first-order chi connectivity index (χ1) is 1.73. The summed E-state index contributed by atoms with van der Waals surface area (Å²) >= 11 is 0. The summed E-state index contributed by atoms with van der Waals surface area (Å²) in [5, 5.41) is 0. The van der Waals surface area contributed by atoms with Crippen molar-refractivity contribution in [3.8, 4) is 0 Å². The van der Waals surface area contributed by atoms with Crippen molar-refractivity contribution in [3.05, 3.63) is 0 Å². The van der Waals surface area contributed by atoms with Gasteiger partial charge >= 0.3 is 60.1 Å². The topological polar surface area (TPSA) is 63.2 Å². The molecular formula is LiO3SiTiZn+3. The van der Waals surface area contributed by atoms with Gasteiger partial charge in [-0.25, -0.2) is 0 Å². The standard InChI is InChI=1S/Li.O3Si.Ti.Zn/c;1-4(2)3;;/q+1;-2;2*+2. The molecule has 0 aromatic carbocycles. The number of rotatable bonds is 0. The molecule has 7 heteroatoms. The molecule has 0 aliphatic rings. The van der Waals surface area contributed by atoms with E-state index in [1.807, 2.05) is 0 Å². The maximum atomic E-state index is 8.52. The second-order valence-corrected chi connectivity index (χ2v) is 0.750. The Morgan fingerprint density at radius 2 is 1.29 bits per heavy atom. The molecule has 0 aromatic rings. The van der Waals surface area contributed by atoms with Crippen LogP contribution in [0.2, 0.25) is 0 Å². The van der Waals surface area contributed by atoms with E-state index in [0.717, 1.165) is 0 Å². The summed E-state index contributed by atoms with van der Waals surface area (Å²) in [4.78, 5) is 17.0. The minimum atomic E-state index is -3.63. The van der Waals surface area contributed by atoms with Crippen molar-refractivity contribution in [1.82, 2.24) is 0 Å². The van der Waals surface area contributed by atoms with Crippen molar-refractivity contribution in [2.24, 2.45) is 0 Å². The van der Waals surface area contributed by atoms with E-state index in [1.54, 1.807) is 0 Å². The summed E-state index contributed by atoms with van der Waals surface area (Å²) in [5.41, 5.74) is 0. The quantitative estimate of drug-likeness (QED) is 0.363. The van der Waals surface area contributed by atoms with E-state index in [9.17, 15) is 0 Å². The van der Waals surface area contributed by atoms with Gasteiger partial charge in [-0.05, 0) is 0 Å². The Hall–Kier alpha value is 1.55. The van der Waals surface area contributed by atoms with Gasteiger partial charge in [0.2, 0.25) is 0 Å². The van der Waals surface area contributed by atoms with Crippen LogP contribution in [0.15, 0.2) is 0 Å². The smallest absolute Gasteiger partial charge is 0.672 e. The van der Waals surface area contributed by atoms with Crippen LogP contribution < -0.4 is 28.5 Å². The Morgan fingerprint density at radius 3 is 1.29 bits per heavy atom. The minimum Gasteiger partial charge on any atom is -0.672 e. The number of hydrogen-bond acceptors (Lipinski definition) is 3. The second-order valence-electron chi connectivity index (χ2n) is 0.250. The van der Waals surface area contributed by atoms with Gasteiger partial charge in [0.15, 0.2) is 0 Å². The Kier molecular flexibility index (Phi) is 52.6. The van der Waals surface area contributed by atoms with Crippen molar-refractivity contribution in [2.45, 2.75) is 0 Å². The van der Waals surface area contributed by atoms with Gasteiger partial charge in [-0.2, -0.15) is 0 Å². The van der Waals surface area contributed by atoms with E-state index in [4.69, 9.17) is 14.1 Å². The SMILES string of the molecule is O=[Si]([O-])[O-].[Li+].[Ti+2].[Zn+2]. The van der Waals surface area contributed by atoms with Crippen LogP contribution in [-0.2, 0) is 45.7 Å². The van der Waals surface area contributed by atoms with Crippen LogP contribution in [0.5, 0.6) is 0 Å². The summed E-state index contributed by atoms with van der Waals surface area (Å²) in [6.45, 7) is 0. The molecule has 26 valence electrons. The summed E-state index contributed by atoms with van der Waals surface area (Å²) < 4.78 is 8.52. The van der Waals surface area contributed by atoms with Crippen molar-refractivity contribution in [1.29, 1.82) is 0 Å². The minimum absolute atomic E-state index is 0. The molecule has 0 heterocycles. The van der Waals surface area contributed by atoms with Gasteiger partial charge in [0.1, 0.15) is 0 Å². The fourth-order valence-electron chi connectivity index (χ4n) is 0. The monoisotopic (exact) mass is 195 g/mol. The first kappa shape index (κ1) is 23.5. The molecule has 0 amide bonds. The van der Waals surface area contributed by atoms with Gasteiger partial charge in [0.05, 0.1) is 0 Å². The van der Waals surface area contributed by atoms with Gasteiger partial charge in [-0.15, -0.1) is 0 Å². The largest absolute Gasteiger partial charge is 2.00 e. The van der Waals surface area contributed by atoms with E-state index < -0.39 is 9.17 Å². The fraction of sp³-hybridized carbons (Fsp3) is 0. The van der Waals surface area contributed by atoms with Gasteiger partial charge in [-0.1, -0.05) is 0 Å². The normalized spacial score (nSPS) is 3.43. The van der Waals surface area contributed by atoms with E-state index in [1.165, 1.54) is 0 Å². The average molecular weight is 196 g/mol. The maximum Gasteiger partial charge on any atom is 2.00 e. The van der Waals surface area contributed by atoms with Crippen LogP contribution in [0, 0.1) is 0 Å². The van der Waals surface area contributed by atoms with Crippen LogP contribution >= 0.6 is 0 Å². The van der Waals surface area contributed by atoms with Crippen molar-refractivity contribution in [2.75, 3.05) is 0 Å². The molecule has 7 heavy (non-hydrogen) atoms.